The predicted molar refractivity (Wildman–Crippen MR) is 74.8 cm³/mol. The van der Waals surface area contributed by atoms with Crippen molar-refractivity contribution in [1.29, 1.82) is 0 Å². The Morgan fingerprint density at radius 2 is 2.11 bits per heavy atom. The van der Waals surface area contributed by atoms with Crippen LogP contribution in [-0.2, 0) is 0 Å². The summed E-state index contributed by atoms with van der Waals surface area (Å²) in [6.07, 6.45) is 1.65. The fraction of sp³-hybridized carbons (Fsp3) is 0.154. The molecule has 1 heterocycles. The van der Waals surface area contributed by atoms with Crippen LogP contribution in [0.3, 0.4) is 0 Å². The molecule has 2 rings (SSSR count). The first-order valence-electron chi connectivity index (χ1n) is 5.50. The highest BCUT2D eigenvalue weighted by Crippen LogP contribution is 2.25. The summed E-state index contributed by atoms with van der Waals surface area (Å²) in [7, 11) is 0. The van der Waals surface area contributed by atoms with Crippen molar-refractivity contribution in [2.75, 3.05) is 11.1 Å². The SMILES string of the molecule is CC(Nc1ncc(Br)cc1N)c1ccccc1F. The van der Waals surface area contributed by atoms with Crippen molar-refractivity contribution in [2.45, 2.75) is 13.0 Å². The number of nitrogen functional groups attached to an aromatic ring is 1. The number of hydrogen-bond donors (Lipinski definition) is 2. The zero-order valence-corrected chi connectivity index (χ0v) is 11.4. The Bertz CT molecular complexity index is 560. The molecule has 0 aliphatic carbocycles. The number of rotatable bonds is 3. The van der Waals surface area contributed by atoms with Crippen LogP contribution < -0.4 is 11.1 Å². The monoisotopic (exact) mass is 309 g/mol. The van der Waals surface area contributed by atoms with Gasteiger partial charge in [-0.15, -0.1) is 0 Å². The van der Waals surface area contributed by atoms with Crippen molar-refractivity contribution in [3.63, 3.8) is 0 Å². The van der Waals surface area contributed by atoms with E-state index >= 15 is 0 Å². The van der Waals surface area contributed by atoms with Gasteiger partial charge in [-0.05, 0) is 35.0 Å². The summed E-state index contributed by atoms with van der Waals surface area (Å²) in [4.78, 5) is 4.17. The molecule has 1 aromatic carbocycles. The standard InChI is InChI=1S/C13H13BrFN3/c1-8(10-4-2-3-5-11(10)15)18-13-12(16)6-9(14)7-17-13/h2-8H,16H2,1H3,(H,17,18). The van der Waals surface area contributed by atoms with Crippen LogP contribution in [0.2, 0.25) is 0 Å². The van der Waals surface area contributed by atoms with Gasteiger partial charge in [-0.3, -0.25) is 0 Å². The van der Waals surface area contributed by atoms with Gasteiger partial charge in [-0.25, -0.2) is 9.37 Å². The molecule has 2 aromatic rings. The smallest absolute Gasteiger partial charge is 0.149 e. The molecule has 18 heavy (non-hydrogen) atoms. The van der Waals surface area contributed by atoms with Crippen molar-refractivity contribution in [2.24, 2.45) is 0 Å². The number of halogens is 2. The lowest BCUT2D eigenvalue weighted by atomic mass is 10.1. The van der Waals surface area contributed by atoms with E-state index in [-0.39, 0.29) is 11.9 Å². The molecule has 1 unspecified atom stereocenters. The third-order valence-electron chi connectivity index (χ3n) is 2.61. The Kier molecular flexibility index (Phi) is 3.81. The van der Waals surface area contributed by atoms with Gasteiger partial charge < -0.3 is 11.1 Å². The maximum atomic E-state index is 13.6. The minimum atomic E-state index is -0.242. The first-order chi connectivity index (χ1) is 8.58. The van der Waals surface area contributed by atoms with E-state index in [9.17, 15) is 4.39 Å². The largest absolute Gasteiger partial charge is 0.396 e. The Hall–Kier alpha value is -1.62. The zero-order valence-electron chi connectivity index (χ0n) is 9.82. The van der Waals surface area contributed by atoms with E-state index < -0.39 is 0 Å². The highest BCUT2D eigenvalue weighted by molar-refractivity contribution is 9.10. The van der Waals surface area contributed by atoms with Crippen molar-refractivity contribution in [1.82, 2.24) is 4.98 Å². The predicted octanol–water partition coefficient (Wildman–Crippen LogP) is 3.74. The van der Waals surface area contributed by atoms with E-state index in [1.807, 2.05) is 6.92 Å². The summed E-state index contributed by atoms with van der Waals surface area (Å²) < 4.78 is 14.4. The van der Waals surface area contributed by atoms with E-state index in [0.717, 1.165) is 4.47 Å². The fourth-order valence-corrected chi connectivity index (χ4v) is 2.03. The van der Waals surface area contributed by atoms with Crippen LogP contribution in [0, 0.1) is 5.82 Å². The molecule has 5 heteroatoms. The molecule has 0 aliphatic rings. The molecular formula is C13H13BrFN3. The second-order valence-electron chi connectivity index (χ2n) is 3.98. The van der Waals surface area contributed by atoms with E-state index in [1.165, 1.54) is 6.07 Å². The van der Waals surface area contributed by atoms with Gasteiger partial charge in [0.25, 0.3) is 0 Å². The number of pyridine rings is 1. The number of nitrogens with two attached hydrogens (primary N) is 1. The van der Waals surface area contributed by atoms with Gasteiger partial charge in [0.1, 0.15) is 11.6 Å². The van der Waals surface area contributed by atoms with Crippen LogP contribution in [0.25, 0.3) is 0 Å². The molecule has 3 nitrogen and oxygen atoms in total. The van der Waals surface area contributed by atoms with Gasteiger partial charge in [0.15, 0.2) is 0 Å². The topological polar surface area (TPSA) is 50.9 Å². The average Bonchev–Trinajstić information content (AvgIpc) is 2.33. The molecule has 0 aliphatic heterocycles. The number of nitrogens with one attached hydrogen (secondary N) is 1. The molecule has 3 N–H and O–H groups in total. The summed E-state index contributed by atoms with van der Waals surface area (Å²) in [5, 5.41) is 3.10. The molecule has 0 spiro atoms. The van der Waals surface area contributed by atoms with Gasteiger partial charge in [-0.2, -0.15) is 0 Å². The molecule has 0 saturated heterocycles. The van der Waals surface area contributed by atoms with E-state index in [1.54, 1.807) is 30.5 Å². The number of anilines is 2. The van der Waals surface area contributed by atoms with Crippen LogP contribution >= 0.6 is 15.9 Å². The molecule has 0 saturated carbocycles. The number of aromatic nitrogens is 1. The van der Waals surface area contributed by atoms with Crippen LogP contribution in [0.1, 0.15) is 18.5 Å². The molecule has 0 amide bonds. The molecular weight excluding hydrogens is 297 g/mol. The number of nitrogens with zero attached hydrogens (tertiary/aromatic N) is 1. The molecule has 94 valence electrons. The Labute approximate surface area is 113 Å². The van der Waals surface area contributed by atoms with Gasteiger partial charge in [0.05, 0.1) is 11.7 Å². The summed E-state index contributed by atoms with van der Waals surface area (Å²) in [6, 6.07) is 8.19. The fourth-order valence-electron chi connectivity index (χ4n) is 1.68. The van der Waals surface area contributed by atoms with E-state index in [4.69, 9.17) is 5.73 Å². The number of benzene rings is 1. The maximum Gasteiger partial charge on any atom is 0.149 e. The molecule has 0 bridgehead atoms. The minimum absolute atomic E-state index is 0.206. The second kappa shape index (κ2) is 5.35. The van der Waals surface area contributed by atoms with E-state index in [0.29, 0.717) is 17.1 Å². The molecule has 0 fully saturated rings. The van der Waals surface area contributed by atoms with Crippen LogP contribution in [0.15, 0.2) is 41.0 Å². The first-order valence-corrected chi connectivity index (χ1v) is 6.29. The molecule has 1 atom stereocenters. The van der Waals surface area contributed by atoms with Crippen LogP contribution in [0.5, 0.6) is 0 Å². The Morgan fingerprint density at radius 1 is 1.39 bits per heavy atom. The third kappa shape index (κ3) is 2.79. The highest BCUT2D eigenvalue weighted by Gasteiger charge is 2.12. The quantitative estimate of drug-likeness (QED) is 0.908. The number of hydrogen-bond acceptors (Lipinski definition) is 3. The van der Waals surface area contributed by atoms with Crippen molar-refractivity contribution in [3.05, 3.63) is 52.4 Å². The lowest BCUT2D eigenvalue weighted by molar-refractivity contribution is 0.600. The summed E-state index contributed by atoms with van der Waals surface area (Å²) in [6.45, 7) is 1.86. The van der Waals surface area contributed by atoms with Crippen molar-refractivity contribution < 1.29 is 4.39 Å². The van der Waals surface area contributed by atoms with Crippen molar-refractivity contribution >= 4 is 27.4 Å². The molecule has 0 radical (unpaired) electrons. The van der Waals surface area contributed by atoms with Crippen LogP contribution in [-0.4, -0.2) is 4.98 Å². The summed E-state index contributed by atoms with van der Waals surface area (Å²) in [5.41, 5.74) is 6.94. The van der Waals surface area contributed by atoms with Gasteiger partial charge in [0, 0.05) is 16.2 Å². The first kappa shape index (κ1) is 12.8. The Balaban J connectivity index is 2.21. The van der Waals surface area contributed by atoms with Crippen LogP contribution in [0.4, 0.5) is 15.9 Å². The van der Waals surface area contributed by atoms with Gasteiger partial charge in [0.2, 0.25) is 0 Å². The summed E-state index contributed by atoms with van der Waals surface area (Å²) in [5.74, 6) is 0.308. The summed E-state index contributed by atoms with van der Waals surface area (Å²) >= 11 is 3.29. The normalized spacial score (nSPS) is 12.2. The van der Waals surface area contributed by atoms with E-state index in [2.05, 4.69) is 26.2 Å². The molecule has 1 aromatic heterocycles. The average molecular weight is 310 g/mol. The highest BCUT2D eigenvalue weighted by atomic mass is 79.9. The van der Waals surface area contributed by atoms with Gasteiger partial charge >= 0.3 is 0 Å². The third-order valence-corrected chi connectivity index (χ3v) is 3.04. The van der Waals surface area contributed by atoms with Crippen molar-refractivity contribution in [3.8, 4) is 0 Å². The Morgan fingerprint density at radius 3 is 2.78 bits per heavy atom. The second-order valence-corrected chi connectivity index (χ2v) is 4.89. The van der Waals surface area contributed by atoms with Gasteiger partial charge in [-0.1, -0.05) is 18.2 Å². The minimum Gasteiger partial charge on any atom is -0.396 e. The lowest BCUT2D eigenvalue weighted by Crippen LogP contribution is -2.11. The lowest BCUT2D eigenvalue weighted by Gasteiger charge is -2.16. The zero-order chi connectivity index (χ0) is 13.1. The maximum absolute atomic E-state index is 13.6.